The van der Waals surface area contributed by atoms with Crippen LogP contribution in [0.3, 0.4) is 0 Å². The second kappa shape index (κ2) is 4.63. The molecule has 3 nitrogen and oxygen atoms in total. The van der Waals surface area contributed by atoms with Crippen LogP contribution in [0.15, 0.2) is 18.2 Å². The maximum Gasteiger partial charge on any atom is 0.408 e. The van der Waals surface area contributed by atoms with Crippen LogP contribution in [0.2, 0.25) is 0 Å². The average molecular weight is 247 g/mol. The van der Waals surface area contributed by atoms with Crippen molar-refractivity contribution in [3.63, 3.8) is 0 Å². The van der Waals surface area contributed by atoms with Crippen molar-refractivity contribution in [3.05, 3.63) is 34.9 Å². The maximum atomic E-state index is 11.8. The standard InChI is InChI=1S/C15H21NO2/c1-10-6-5-7-12-11(10)8-9-13(12)16-14(17)18-15(2,3)4/h5-7,13H,8-9H2,1-4H3,(H,16,17)/t13-/m1/s1. The molecule has 1 amide bonds. The van der Waals surface area contributed by atoms with Crippen LogP contribution in [0, 0.1) is 6.92 Å². The quantitative estimate of drug-likeness (QED) is 0.824. The molecule has 0 heterocycles. The van der Waals surface area contributed by atoms with E-state index in [-0.39, 0.29) is 12.1 Å². The molecule has 0 aromatic heterocycles. The van der Waals surface area contributed by atoms with Crippen molar-refractivity contribution in [1.29, 1.82) is 0 Å². The lowest BCUT2D eigenvalue weighted by Gasteiger charge is -2.22. The highest BCUT2D eigenvalue weighted by atomic mass is 16.6. The van der Waals surface area contributed by atoms with Gasteiger partial charge in [-0.2, -0.15) is 0 Å². The number of aryl methyl sites for hydroxylation is 1. The Labute approximate surface area is 109 Å². The van der Waals surface area contributed by atoms with E-state index in [0.29, 0.717) is 0 Å². The number of hydrogen-bond acceptors (Lipinski definition) is 2. The van der Waals surface area contributed by atoms with Crippen LogP contribution in [0.1, 0.15) is 49.9 Å². The second-order valence-electron chi connectivity index (χ2n) is 5.88. The van der Waals surface area contributed by atoms with Gasteiger partial charge >= 0.3 is 6.09 Å². The first-order valence-electron chi connectivity index (χ1n) is 6.45. The topological polar surface area (TPSA) is 38.3 Å². The lowest BCUT2D eigenvalue weighted by molar-refractivity contribution is 0.0503. The van der Waals surface area contributed by atoms with Crippen molar-refractivity contribution >= 4 is 6.09 Å². The zero-order valence-corrected chi connectivity index (χ0v) is 11.5. The smallest absolute Gasteiger partial charge is 0.408 e. The molecule has 1 aromatic rings. The van der Waals surface area contributed by atoms with Crippen LogP contribution in [-0.2, 0) is 11.2 Å². The average Bonchev–Trinajstić information content (AvgIpc) is 2.60. The number of nitrogens with one attached hydrogen (secondary N) is 1. The van der Waals surface area contributed by atoms with Gasteiger partial charge in [0.05, 0.1) is 6.04 Å². The van der Waals surface area contributed by atoms with E-state index in [9.17, 15) is 4.79 Å². The number of carbonyl (C=O) groups is 1. The van der Waals surface area contributed by atoms with E-state index in [1.165, 1.54) is 16.7 Å². The van der Waals surface area contributed by atoms with Gasteiger partial charge < -0.3 is 10.1 Å². The minimum Gasteiger partial charge on any atom is -0.444 e. The third-order valence-electron chi connectivity index (χ3n) is 3.20. The van der Waals surface area contributed by atoms with Gasteiger partial charge in [0, 0.05) is 0 Å². The van der Waals surface area contributed by atoms with Gasteiger partial charge in [0.2, 0.25) is 0 Å². The fourth-order valence-electron chi connectivity index (χ4n) is 2.44. The first-order valence-corrected chi connectivity index (χ1v) is 6.45. The van der Waals surface area contributed by atoms with Gasteiger partial charge in [0.1, 0.15) is 5.60 Å². The number of rotatable bonds is 1. The van der Waals surface area contributed by atoms with Crippen molar-refractivity contribution in [1.82, 2.24) is 5.32 Å². The number of carbonyl (C=O) groups excluding carboxylic acids is 1. The SMILES string of the molecule is Cc1cccc2c1CC[C@H]2NC(=O)OC(C)(C)C. The van der Waals surface area contributed by atoms with Crippen molar-refractivity contribution in [2.45, 2.75) is 52.2 Å². The summed E-state index contributed by atoms with van der Waals surface area (Å²) < 4.78 is 5.29. The minimum atomic E-state index is -0.446. The molecule has 1 N–H and O–H groups in total. The molecule has 1 aliphatic rings. The molecule has 98 valence electrons. The van der Waals surface area contributed by atoms with Gasteiger partial charge in [0.25, 0.3) is 0 Å². The zero-order chi connectivity index (χ0) is 13.3. The maximum absolute atomic E-state index is 11.8. The predicted molar refractivity (Wildman–Crippen MR) is 71.6 cm³/mol. The Hall–Kier alpha value is -1.51. The molecule has 1 aliphatic carbocycles. The Morgan fingerprint density at radius 1 is 1.39 bits per heavy atom. The molecule has 0 unspecified atom stereocenters. The number of fused-ring (bicyclic) bond motifs is 1. The van der Waals surface area contributed by atoms with Crippen LogP contribution in [-0.4, -0.2) is 11.7 Å². The highest BCUT2D eigenvalue weighted by Crippen LogP contribution is 2.33. The fraction of sp³-hybridized carbons (Fsp3) is 0.533. The summed E-state index contributed by atoms with van der Waals surface area (Å²) in [6.45, 7) is 7.74. The number of alkyl carbamates (subject to hydrolysis) is 1. The third kappa shape index (κ3) is 2.84. The highest BCUT2D eigenvalue weighted by Gasteiger charge is 2.26. The zero-order valence-electron chi connectivity index (χ0n) is 11.5. The Balaban J connectivity index is 2.06. The minimum absolute atomic E-state index is 0.0924. The molecular weight excluding hydrogens is 226 g/mol. The predicted octanol–water partition coefficient (Wildman–Crippen LogP) is 3.51. The molecule has 1 aromatic carbocycles. The molecule has 18 heavy (non-hydrogen) atoms. The molecule has 0 radical (unpaired) electrons. The molecule has 0 bridgehead atoms. The lowest BCUT2D eigenvalue weighted by Crippen LogP contribution is -2.34. The molecule has 0 fully saturated rings. The van der Waals surface area contributed by atoms with Gasteiger partial charge in [-0.3, -0.25) is 0 Å². The van der Waals surface area contributed by atoms with E-state index in [1.54, 1.807) is 0 Å². The van der Waals surface area contributed by atoms with Crippen LogP contribution >= 0.6 is 0 Å². The van der Waals surface area contributed by atoms with Crippen molar-refractivity contribution in [2.24, 2.45) is 0 Å². The number of ether oxygens (including phenoxy) is 1. The van der Waals surface area contributed by atoms with Crippen LogP contribution in [0.25, 0.3) is 0 Å². The second-order valence-corrected chi connectivity index (χ2v) is 5.88. The number of amides is 1. The molecular formula is C15H21NO2. The summed E-state index contributed by atoms with van der Waals surface area (Å²) in [6, 6.07) is 6.35. The van der Waals surface area contributed by atoms with E-state index >= 15 is 0 Å². The van der Waals surface area contributed by atoms with Gasteiger partial charge in [0.15, 0.2) is 0 Å². The molecule has 0 spiro atoms. The Bertz CT molecular complexity index is 460. The van der Waals surface area contributed by atoms with Gasteiger partial charge in [-0.25, -0.2) is 4.79 Å². The summed E-state index contributed by atoms with van der Waals surface area (Å²) >= 11 is 0. The number of benzene rings is 1. The van der Waals surface area contributed by atoms with Gasteiger partial charge in [-0.05, 0) is 57.2 Å². The Kier molecular flexibility index (Phi) is 3.33. The van der Waals surface area contributed by atoms with Crippen LogP contribution in [0.5, 0.6) is 0 Å². The molecule has 0 aliphatic heterocycles. The fourth-order valence-corrected chi connectivity index (χ4v) is 2.44. The van der Waals surface area contributed by atoms with E-state index < -0.39 is 5.60 Å². The highest BCUT2D eigenvalue weighted by molar-refractivity contribution is 5.68. The van der Waals surface area contributed by atoms with Gasteiger partial charge in [-0.1, -0.05) is 18.2 Å². The molecule has 2 rings (SSSR count). The van der Waals surface area contributed by atoms with Gasteiger partial charge in [-0.15, -0.1) is 0 Å². The van der Waals surface area contributed by atoms with Crippen molar-refractivity contribution in [2.75, 3.05) is 0 Å². The molecule has 0 saturated carbocycles. The number of hydrogen-bond donors (Lipinski definition) is 1. The first kappa shape index (κ1) is 12.9. The summed E-state index contributed by atoms with van der Waals surface area (Å²) in [6.07, 6.45) is 1.66. The van der Waals surface area contributed by atoms with E-state index in [4.69, 9.17) is 4.74 Å². The van der Waals surface area contributed by atoms with Crippen molar-refractivity contribution in [3.8, 4) is 0 Å². The van der Waals surface area contributed by atoms with Crippen molar-refractivity contribution < 1.29 is 9.53 Å². The normalized spacial score (nSPS) is 18.3. The largest absolute Gasteiger partial charge is 0.444 e. The van der Waals surface area contributed by atoms with E-state index in [0.717, 1.165) is 12.8 Å². The summed E-state index contributed by atoms with van der Waals surface area (Å²) in [7, 11) is 0. The Morgan fingerprint density at radius 3 is 2.78 bits per heavy atom. The van der Waals surface area contributed by atoms with Crippen LogP contribution in [0.4, 0.5) is 4.79 Å². The third-order valence-corrected chi connectivity index (χ3v) is 3.20. The Morgan fingerprint density at radius 2 is 2.11 bits per heavy atom. The molecule has 3 heteroatoms. The molecule has 1 atom stereocenters. The lowest BCUT2D eigenvalue weighted by atomic mass is 10.0. The summed E-state index contributed by atoms with van der Waals surface area (Å²) in [4.78, 5) is 11.8. The summed E-state index contributed by atoms with van der Waals surface area (Å²) in [5.41, 5.74) is 3.47. The monoisotopic (exact) mass is 247 g/mol. The van der Waals surface area contributed by atoms with E-state index in [1.807, 2.05) is 26.8 Å². The summed E-state index contributed by atoms with van der Waals surface area (Å²) in [5.74, 6) is 0. The molecule has 0 saturated heterocycles. The van der Waals surface area contributed by atoms with Crippen LogP contribution < -0.4 is 5.32 Å². The summed E-state index contributed by atoms with van der Waals surface area (Å²) in [5, 5.41) is 2.96. The van der Waals surface area contributed by atoms with E-state index in [2.05, 4.69) is 24.4 Å². The first-order chi connectivity index (χ1) is 8.37.